The predicted octanol–water partition coefficient (Wildman–Crippen LogP) is 4.17. The van der Waals surface area contributed by atoms with Crippen molar-refractivity contribution in [3.8, 4) is 0 Å². The molecule has 0 spiro atoms. The number of hydrogen-bond acceptors (Lipinski definition) is 0. The molecule has 0 saturated carbocycles. The number of benzene rings is 4. The Bertz CT molecular complexity index is 1420. The number of rotatable bonds is 0. The van der Waals surface area contributed by atoms with Crippen LogP contribution in [-0.4, -0.2) is 9.63 Å². The van der Waals surface area contributed by atoms with E-state index in [4.69, 9.17) is 0 Å². The average Bonchev–Trinajstić information content (AvgIpc) is 3.86. The van der Waals surface area contributed by atoms with Crippen molar-refractivity contribution in [2.75, 3.05) is 0 Å². The average molecular weight is 655 g/mol. The third-order valence-corrected chi connectivity index (χ3v) is 6.19. The third kappa shape index (κ3) is 11.4. The minimum Gasteiger partial charge on any atom is -1.00 e. The van der Waals surface area contributed by atoms with Gasteiger partial charge in [0.05, 0.1) is 0 Å². The van der Waals surface area contributed by atoms with Crippen LogP contribution in [0, 0.1) is 0 Å². The molecule has 0 fully saturated rings. The summed E-state index contributed by atoms with van der Waals surface area (Å²) in [6, 6.07) is 58.7. The van der Waals surface area contributed by atoms with Crippen molar-refractivity contribution in [2.24, 2.45) is 0 Å². The molecule has 0 radical (unpaired) electrons. The second-order valence-corrected chi connectivity index (χ2v) is 8.62. The van der Waals surface area contributed by atoms with Crippen molar-refractivity contribution in [1.29, 1.82) is 0 Å². The van der Waals surface area contributed by atoms with Gasteiger partial charge in [0.2, 0.25) is 0 Å². The van der Waals surface area contributed by atoms with E-state index in [2.05, 4.69) is 179 Å². The fraction of sp³-hybridized carbons (Fsp3) is 0. The van der Waals surface area contributed by atoms with Gasteiger partial charge in [0.1, 0.15) is 0 Å². The molecule has 0 nitrogen and oxygen atoms in total. The summed E-state index contributed by atoms with van der Waals surface area (Å²) in [6.45, 7) is 0. The quantitative estimate of drug-likeness (QED) is 0.170. The summed E-state index contributed by atoms with van der Waals surface area (Å²) >= 11 is 3.50. The molecule has 0 aliphatic heterocycles. The minimum absolute atomic E-state index is 0. The molecule has 0 aliphatic rings. The van der Waals surface area contributed by atoms with E-state index in [0.29, 0.717) is 0 Å². The van der Waals surface area contributed by atoms with Crippen LogP contribution >= 0.6 is 0 Å². The van der Waals surface area contributed by atoms with Gasteiger partial charge in [0.25, 0.3) is 0 Å². The first-order valence-corrected chi connectivity index (χ1v) is 15.2. The summed E-state index contributed by atoms with van der Waals surface area (Å²) in [5.41, 5.74) is 0. The van der Waals surface area contributed by atoms with Crippen LogP contribution < -0.4 is 24.8 Å². The van der Waals surface area contributed by atoms with Crippen LogP contribution in [0.1, 0.15) is 0 Å². The van der Waals surface area contributed by atoms with E-state index in [0.717, 1.165) is 0 Å². The Balaban J connectivity index is 0.000000265. The van der Waals surface area contributed by atoms with Crippen molar-refractivity contribution in [3.05, 3.63) is 170 Å². The Morgan fingerprint density at radius 1 is 0.310 bits per heavy atom. The van der Waals surface area contributed by atoms with Crippen LogP contribution in [0.15, 0.2) is 170 Å². The molecule has 8 rings (SSSR count). The van der Waals surface area contributed by atoms with E-state index in [9.17, 15) is 0 Å². The third-order valence-electron chi connectivity index (χ3n) is 6.19. The van der Waals surface area contributed by atoms with Gasteiger partial charge in [0.15, 0.2) is 0 Å². The molecule has 8 aromatic rings. The molecule has 0 saturated heterocycles. The Hall–Kier alpha value is -2.93. The SMILES string of the molecule is [CH2]=[Ti+2].[CH2]=[Ti+2].[Cl-].[Cl-].c1ccc2[cH-]ccc2c1.c1ccc2[cH-]ccc2c1.c1ccc2[cH-]ccc2c1.c1ccc2[cH-]ccc2c1. The zero-order valence-electron chi connectivity index (χ0n) is 23.3. The van der Waals surface area contributed by atoms with Crippen LogP contribution in [0.2, 0.25) is 0 Å². The molecular formula is C38H32Cl2Ti2-2. The molecule has 0 atom stereocenters. The van der Waals surface area contributed by atoms with Crippen LogP contribution in [0.4, 0.5) is 0 Å². The van der Waals surface area contributed by atoms with Gasteiger partial charge in [-0.3, -0.25) is 0 Å². The van der Waals surface area contributed by atoms with E-state index >= 15 is 0 Å². The van der Waals surface area contributed by atoms with Gasteiger partial charge in [-0.25, -0.2) is 0 Å². The Morgan fingerprint density at radius 3 is 0.690 bits per heavy atom. The van der Waals surface area contributed by atoms with Crippen molar-refractivity contribution in [1.82, 2.24) is 0 Å². The largest absolute Gasteiger partial charge is 1.00 e. The zero-order valence-corrected chi connectivity index (χ0v) is 28.0. The van der Waals surface area contributed by atoms with E-state index in [1.165, 1.54) is 43.1 Å². The molecule has 4 heteroatoms. The van der Waals surface area contributed by atoms with Crippen molar-refractivity contribution >= 4 is 52.7 Å². The van der Waals surface area contributed by atoms with Gasteiger partial charge in [-0.2, -0.15) is 70.1 Å². The normalized spacial score (nSPS) is 9.05. The first kappa shape index (κ1) is 37.1. The molecular weight excluding hydrogens is 623 g/mol. The molecule has 0 bridgehead atoms. The molecule has 0 aromatic heterocycles. The molecule has 208 valence electrons. The summed E-state index contributed by atoms with van der Waals surface area (Å²) in [7, 11) is 0. The fourth-order valence-corrected chi connectivity index (χ4v) is 4.28. The maximum Gasteiger partial charge on any atom is -0.0809 e. The summed E-state index contributed by atoms with van der Waals surface area (Å²) < 4.78 is 0. The van der Waals surface area contributed by atoms with Gasteiger partial charge in [-0.1, -0.05) is 24.3 Å². The zero-order chi connectivity index (χ0) is 28.4. The van der Waals surface area contributed by atoms with Gasteiger partial charge >= 0.3 is 49.6 Å². The summed E-state index contributed by atoms with van der Waals surface area (Å²) in [6.07, 6.45) is 0. The standard InChI is InChI=1S/4C9H7.2CH2.2ClH.2Ti/c4*1-2-5-9-7-3-6-8(9)4-1;;;;;;/h4*1-7H;2*1H2;2*1H;;/q4*-1;;;;;2*+2/p-2. The maximum atomic E-state index is 3.25. The second kappa shape index (κ2) is 21.7. The maximum absolute atomic E-state index is 3.25. The smallest absolute Gasteiger partial charge is 0.0809 e. The first-order chi connectivity index (χ1) is 19.9. The molecule has 42 heavy (non-hydrogen) atoms. The number of hydrogen-bond donors (Lipinski definition) is 0. The first-order valence-electron chi connectivity index (χ1n) is 13.0. The van der Waals surface area contributed by atoms with Crippen molar-refractivity contribution in [2.45, 2.75) is 0 Å². The van der Waals surface area contributed by atoms with E-state index in [1.54, 1.807) is 39.9 Å². The molecule has 0 unspecified atom stereocenters. The topological polar surface area (TPSA) is 0 Å². The monoisotopic (exact) mass is 654 g/mol. The van der Waals surface area contributed by atoms with Gasteiger partial charge in [-0.15, -0.1) is 119 Å². The van der Waals surface area contributed by atoms with Crippen LogP contribution in [0.25, 0.3) is 43.1 Å². The summed E-state index contributed by atoms with van der Waals surface area (Å²) in [5, 5.41) is 10.6. The van der Waals surface area contributed by atoms with Crippen LogP contribution in [0.3, 0.4) is 0 Å². The molecule has 8 aromatic carbocycles. The van der Waals surface area contributed by atoms with Gasteiger partial charge in [0, 0.05) is 0 Å². The van der Waals surface area contributed by atoms with Crippen LogP contribution in [-0.2, 0) is 39.9 Å². The molecule has 0 N–H and O–H groups in total. The van der Waals surface area contributed by atoms with E-state index in [-0.39, 0.29) is 24.8 Å². The summed E-state index contributed by atoms with van der Waals surface area (Å²) in [5.74, 6) is 0. The van der Waals surface area contributed by atoms with Crippen molar-refractivity contribution in [3.63, 3.8) is 0 Å². The van der Waals surface area contributed by atoms with Gasteiger partial charge in [-0.05, 0) is 0 Å². The van der Waals surface area contributed by atoms with E-state index < -0.39 is 0 Å². The molecule has 0 aliphatic carbocycles. The predicted molar refractivity (Wildman–Crippen MR) is 172 cm³/mol. The molecule has 0 heterocycles. The Kier molecular flexibility index (Phi) is 19.2. The number of fused-ring (bicyclic) bond motifs is 4. The Morgan fingerprint density at radius 2 is 0.500 bits per heavy atom. The second-order valence-electron chi connectivity index (χ2n) is 8.62. The van der Waals surface area contributed by atoms with Crippen LogP contribution in [0.5, 0.6) is 0 Å². The van der Waals surface area contributed by atoms with Crippen molar-refractivity contribution < 1.29 is 64.8 Å². The van der Waals surface area contributed by atoms with E-state index in [1.807, 2.05) is 0 Å². The van der Waals surface area contributed by atoms with Gasteiger partial charge < -0.3 is 24.8 Å². The number of halogens is 2. The fourth-order valence-electron chi connectivity index (χ4n) is 4.28. The Labute approximate surface area is 285 Å². The summed E-state index contributed by atoms with van der Waals surface area (Å²) in [4.78, 5) is 6.50. The minimum atomic E-state index is 0. The molecule has 0 amide bonds.